The topological polar surface area (TPSA) is 46.6 Å². The zero-order valence-corrected chi connectivity index (χ0v) is 13.1. The Kier molecular flexibility index (Phi) is 4.42. The molecule has 0 spiro atoms. The van der Waals surface area contributed by atoms with Gasteiger partial charge >= 0.3 is 5.97 Å². The monoisotopic (exact) mass is 309 g/mol. The number of amides is 1. The largest absolute Gasteiger partial charge is 0.426 e. The van der Waals surface area contributed by atoms with Gasteiger partial charge in [0, 0.05) is 18.7 Å². The number of hydrogen-bond acceptors (Lipinski definition) is 3. The zero-order valence-electron chi connectivity index (χ0n) is 13.1. The maximum Gasteiger partial charge on any atom is 0.315 e. The van der Waals surface area contributed by atoms with Crippen LogP contribution in [0.15, 0.2) is 48.5 Å². The second-order valence-electron chi connectivity index (χ2n) is 5.78. The van der Waals surface area contributed by atoms with Crippen molar-refractivity contribution in [1.82, 2.24) is 0 Å². The lowest BCUT2D eigenvalue weighted by molar-refractivity contribution is -0.133. The highest BCUT2D eigenvalue weighted by atomic mass is 16.5. The molecule has 0 N–H and O–H groups in total. The number of nitrogens with zero attached hydrogens (tertiary/aromatic N) is 1. The fraction of sp³-hybridized carbons (Fsp3) is 0.263. The molecule has 0 aromatic heterocycles. The van der Waals surface area contributed by atoms with E-state index in [4.69, 9.17) is 4.74 Å². The molecule has 0 saturated carbocycles. The lowest BCUT2D eigenvalue weighted by Gasteiger charge is -2.15. The molecular formula is C19H19NO3. The molecule has 1 amide bonds. The van der Waals surface area contributed by atoms with Crippen molar-refractivity contribution >= 4 is 17.6 Å². The molecule has 3 rings (SSSR count). The Labute approximate surface area is 135 Å². The van der Waals surface area contributed by atoms with Gasteiger partial charge in [0.25, 0.3) is 0 Å². The summed E-state index contributed by atoms with van der Waals surface area (Å²) in [6, 6.07) is 14.9. The van der Waals surface area contributed by atoms with Crippen LogP contribution in [0.5, 0.6) is 5.75 Å². The van der Waals surface area contributed by atoms with E-state index in [2.05, 4.69) is 0 Å². The van der Waals surface area contributed by atoms with E-state index in [-0.39, 0.29) is 18.3 Å². The predicted molar refractivity (Wildman–Crippen MR) is 88.5 cm³/mol. The van der Waals surface area contributed by atoms with Crippen LogP contribution in [0.2, 0.25) is 0 Å². The predicted octanol–water partition coefficient (Wildman–Crippen LogP) is 3.27. The summed E-state index contributed by atoms with van der Waals surface area (Å²) in [5.41, 5.74) is 2.82. The van der Waals surface area contributed by atoms with Crippen molar-refractivity contribution in [2.24, 2.45) is 0 Å². The van der Waals surface area contributed by atoms with Crippen LogP contribution in [0.3, 0.4) is 0 Å². The first-order valence-corrected chi connectivity index (χ1v) is 7.78. The SMILES string of the molecule is Cc1cccc(OC(=O)Cc2ccc(N3CCCC3=O)cc2)c1. The van der Waals surface area contributed by atoms with Crippen LogP contribution < -0.4 is 9.64 Å². The molecule has 1 aliphatic heterocycles. The average molecular weight is 309 g/mol. The van der Waals surface area contributed by atoms with E-state index in [9.17, 15) is 9.59 Å². The van der Waals surface area contributed by atoms with Gasteiger partial charge in [0.05, 0.1) is 6.42 Å². The summed E-state index contributed by atoms with van der Waals surface area (Å²) in [4.78, 5) is 25.5. The molecule has 1 aliphatic rings. The van der Waals surface area contributed by atoms with E-state index < -0.39 is 0 Å². The molecule has 1 heterocycles. The number of hydrogen-bond donors (Lipinski definition) is 0. The summed E-state index contributed by atoms with van der Waals surface area (Å²) >= 11 is 0. The van der Waals surface area contributed by atoms with Crippen molar-refractivity contribution < 1.29 is 14.3 Å². The van der Waals surface area contributed by atoms with Gasteiger partial charge in [-0.25, -0.2) is 0 Å². The first kappa shape index (κ1) is 15.3. The standard InChI is InChI=1S/C19H19NO3/c1-14-4-2-5-17(12-14)23-19(22)13-15-7-9-16(10-8-15)20-11-3-6-18(20)21/h2,4-5,7-10,12H,3,6,11,13H2,1H3. The molecule has 1 fully saturated rings. The molecule has 4 heteroatoms. The second-order valence-corrected chi connectivity index (χ2v) is 5.78. The summed E-state index contributed by atoms with van der Waals surface area (Å²) in [5.74, 6) is 0.437. The Morgan fingerprint density at radius 3 is 2.61 bits per heavy atom. The number of carbonyl (C=O) groups excluding carboxylic acids is 2. The summed E-state index contributed by atoms with van der Waals surface area (Å²) in [6.45, 7) is 2.73. The molecule has 0 bridgehead atoms. The minimum atomic E-state index is -0.291. The highest BCUT2D eigenvalue weighted by molar-refractivity contribution is 5.95. The van der Waals surface area contributed by atoms with Gasteiger partial charge in [-0.1, -0.05) is 24.3 Å². The quantitative estimate of drug-likeness (QED) is 0.643. The zero-order chi connectivity index (χ0) is 16.2. The molecule has 0 unspecified atom stereocenters. The first-order chi connectivity index (χ1) is 11.1. The highest BCUT2D eigenvalue weighted by Gasteiger charge is 2.21. The minimum Gasteiger partial charge on any atom is -0.426 e. The Morgan fingerprint density at radius 1 is 1.17 bits per heavy atom. The summed E-state index contributed by atoms with van der Waals surface area (Å²) in [6.07, 6.45) is 1.73. The van der Waals surface area contributed by atoms with E-state index in [1.165, 1.54) is 0 Å². The number of anilines is 1. The molecule has 1 saturated heterocycles. The van der Waals surface area contributed by atoms with Crippen LogP contribution in [0.4, 0.5) is 5.69 Å². The lowest BCUT2D eigenvalue weighted by atomic mass is 10.1. The molecule has 0 radical (unpaired) electrons. The third-order valence-electron chi connectivity index (χ3n) is 3.89. The van der Waals surface area contributed by atoms with E-state index >= 15 is 0 Å². The third-order valence-corrected chi connectivity index (χ3v) is 3.89. The van der Waals surface area contributed by atoms with Crippen molar-refractivity contribution in [2.45, 2.75) is 26.2 Å². The highest BCUT2D eigenvalue weighted by Crippen LogP contribution is 2.22. The summed E-state index contributed by atoms with van der Waals surface area (Å²) in [5, 5.41) is 0. The molecule has 118 valence electrons. The minimum absolute atomic E-state index is 0.164. The van der Waals surface area contributed by atoms with Gasteiger partial charge in [-0.3, -0.25) is 9.59 Å². The van der Waals surface area contributed by atoms with Crippen molar-refractivity contribution in [2.75, 3.05) is 11.4 Å². The molecule has 4 nitrogen and oxygen atoms in total. The van der Waals surface area contributed by atoms with Gasteiger partial charge in [-0.2, -0.15) is 0 Å². The van der Waals surface area contributed by atoms with E-state index in [0.717, 1.165) is 29.8 Å². The van der Waals surface area contributed by atoms with Crippen LogP contribution in [0.25, 0.3) is 0 Å². The van der Waals surface area contributed by atoms with Crippen LogP contribution in [0, 0.1) is 6.92 Å². The summed E-state index contributed by atoms with van der Waals surface area (Å²) in [7, 11) is 0. The number of aryl methyl sites for hydroxylation is 1. The van der Waals surface area contributed by atoms with Crippen molar-refractivity contribution in [3.63, 3.8) is 0 Å². The van der Waals surface area contributed by atoms with Crippen molar-refractivity contribution in [1.29, 1.82) is 0 Å². The second kappa shape index (κ2) is 6.65. The Balaban J connectivity index is 1.61. The normalized spacial score (nSPS) is 14.1. The van der Waals surface area contributed by atoms with Crippen molar-refractivity contribution in [3.8, 4) is 5.75 Å². The van der Waals surface area contributed by atoms with E-state index in [1.807, 2.05) is 49.4 Å². The van der Waals surface area contributed by atoms with E-state index in [1.54, 1.807) is 11.0 Å². The first-order valence-electron chi connectivity index (χ1n) is 7.78. The van der Waals surface area contributed by atoms with Gasteiger partial charge in [-0.15, -0.1) is 0 Å². The number of benzene rings is 2. The van der Waals surface area contributed by atoms with Gasteiger partial charge < -0.3 is 9.64 Å². The molecule has 0 aliphatic carbocycles. The average Bonchev–Trinajstić information content (AvgIpc) is 2.94. The number of rotatable bonds is 4. The van der Waals surface area contributed by atoms with Crippen LogP contribution in [-0.2, 0) is 16.0 Å². The number of carbonyl (C=O) groups is 2. The van der Waals surface area contributed by atoms with Crippen LogP contribution in [-0.4, -0.2) is 18.4 Å². The summed E-state index contributed by atoms with van der Waals surface area (Å²) < 4.78 is 5.34. The van der Waals surface area contributed by atoms with Crippen LogP contribution >= 0.6 is 0 Å². The Morgan fingerprint density at radius 2 is 1.96 bits per heavy atom. The molecule has 0 atom stereocenters. The fourth-order valence-electron chi connectivity index (χ4n) is 2.73. The maximum absolute atomic E-state index is 12.0. The van der Waals surface area contributed by atoms with Crippen LogP contribution in [0.1, 0.15) is 24.0 Å². The van der Waals surface area contributed by atoms with Gasteiger partial charge in [0.15, 0.2) is 0 Å². The molecule has 2 aromatic rings. The fourth-order valence-corrected chi connectivity index (χ4v) is 2.73. The lowest BCUT2D eigenvalue weighted by Crippen LogP contribution is -2.23. The third kappa shape index (κ3) is 3.77. The number of esters is 1. The molecular weight excluding hydrogens is 290 g/mol. The van der Waals surface area contributed by atoms with Gasteiger partial charge in [0.1, 0.15) is 5.75 Å². The molecule has 23 heavy (non-hydrogen) atoms. The van der Waals surface area contributed by atoms with Gasteiger partial charge in [0.2, 0.25) is 5.91 Å². The Bertz CT molecular complexity index is 722. The van der Waals surface area contributed by atoms with Crippen molar-refractivity contribution in [3.05, 3.63) is 59.7 Å². The smallest absolute Gasteiger partial charge is 0.315 e. The molecule has 2 aromatic carbocycles. The van der Waals surface area contributed by atoms with E-state index in [0.29, 0.717) is 12.2 Å². The maximum atomic E-state index is 12.0. The van der Waals surface area contributed by atoms with Gasteiger partial charge in [-0.05, 0) is 48.7 Å². The Hall–Kier alpha value is -2.62. The number of ether oxygens (including phenoxy) is 1.